The van der Waals surface area contributed by atoms with Crippen molar-refractivity contribution in [1.29, 1.82) is 5.26 Å². The van der Waals surface area contributed by atoms with Crippen LogP contribution in [-0.2, 0) is 18.3 Å². The van der Waals surface area contributed by atoms with Crippen molar-refractivity contribution in [1.82, 2.24) is 34.9 Å². The molecule has 2 saturated heterocycles. The number of nitriles is 1. The molecule has 2 atom stereocenters. The summed E-state index contributed by atoms with van der Waals surface area (Å²) in [5.74, 6) is -1.20. The van der Waals surface area contributed by atoms with Crippen LogP contribution in [-0.4, -0.2) is 85.0 Å². The highest BCUT2D eigenvalue weighted by atomic mass is 19.4. The zero-order chi connectivity index (χ0) is 28.8. The number of alkyl halides is 3. The second kappa shape index (κ2) is 10.3. The number of aliphatic imine (C=N–C) groups is 2. The van der Waals surface area contributed by atoms with Gasteiger partial charge < -0.3 is 15.3 Å². The molecule has 1 amide bonds. The third kappa shape index (κ3) is 4.97. The summed E-state index contributed by atoms with van der Waals surface area (Å²) in [5.41, 5.74) is -0.181. The molecule has 15 heteroatoms. The molecule has 0 aliphatic carbocycles. The van der Waals surface area contributed by atoms with Crippen molar-refractivity contribution in [2.75, 3.05) is 26.2 Å². The Labute approximate surface area is 232 Å². The van der Waals surface area contributed by atoms with Crippen LogP contribution in [0.3, 0.4) is 0 Å². The fourth-order valence-corrected chi connectivity index (χ4v) is 5.97. The number of rotatable bonds is 6. The molecule has 0 saturated carbocycles. The van der Waals surface area contributed by atoms with E-state index in [-0.39, 0.29) is 35.8 Å². The monoisotopic (exact) mass is 568 g/mol. The molecule has 4 aliphatic heterocycles. The zero-order valence-corrected chi connectivity index (χ0v) is 21.9. The number of aliphatic hydroxyl groups is 1. The number of aliphatic hydroxyl groups excluding tert-OH is 1. The summed E-state index contributed by atoms with van der Waals surface area (Å²) >= 11 is 0. The van der Waals surface area contributed by atoms with Gasteiger partial charge in [-0.15, -0.1) is 0 Å². The second-order valence-electron chi connectivity index (χ2n) is 10.7. The molecule has 0 radical (unpaired) electrons. The van der Waals surface area contributed by atoms with Crippen LogP contribution >= 0.6 is 0 Å². The van der Waals surface area contributed by atoms with Crippen molar-refractivity contribution in [3.05, 3.63) is 53.5 Å². The van der Waals surface area contributed by atoms with Crippen LogP contribution in [0.2, 0.25) is 0 Å². The molecule has 41 heavy (non-hydrogen) atoms. The topological polar surface area (TPSA) is 148 Å². The Morgan fingerprint density at radius 1 is 1.24 bits per heavy atom. The highest BCUT2D eigenvalue weighted by molar-refractivity contribution is 5.96. The molecular formula is C26H27F3N10O2. The van der Waals surface area contributed by atoms with Gasteiger partial charge in [0.1, 0.15) is 23.4 Å². The maximum Gasteiger partial charge on any atom is 0.451 e. The molecule has 0 bridgehead atoms. The number of aromatic nitrogens is 4. The van der Waals surface area contributed by atoms with Gasteiger partial charge in [-0.05, 0) is 25.1 Å². The molecule has 0 aromatic carbocycles. The lowest BCUT2D eigenvalue weighted by atomic mass is 9.83. The van der Waals surface area contributed by atoms with Crippen molar-refractivity contribution in [2.24, 2.45) is 15.9 Å². The Hall–Kier alpha value is -4.16. The summed E-state index contributed by atoms with van der Waals surface area (Å²) in [6.45, 7) is 1.20. The summed E-state index contributed by atoms with van der Waals surface area (Å²) in [5, 5.41) is 26.7. The molecule has 2 fully saturated rings. The number of halogens is 3. The lowest BCUT2D eigenvalue weighted by molar-refractivity contribution is -0.145. The van der Waals surface area contributed by atoms with Gasteiger partial charge in [-0.2, -0.15) is 23.5 Å². The van der Waals surface area contributed by atoms with Crippen LogP contribution in [0.4, 0.5) is 13.2 Å². The van der Waals surface area contributed by atoms with Crippen LogP contribution in [0.25, 0.3) is 0 Å². The van der Waals surface area contributed by atoms with Gasteiger partial charge in [0, 0.05) is 44.0 Å². The van der Waals surface area contributed by atoms with Crippen LogP contribution in [0.15, 0.2) is 40.7 Å². The number of amidine groups is 1. The Bertz CT molecular complexity index is 1460. The molecule has 4 aliphatic rings. The molecule has 12 nitrogen and oxygen atoms in total. The summed E-state index contributed by atoms with van der Waals surface area (Å²) in [6, 6.07) is 3.41. The van der Waals surface area contributed by atoms with Gasteiger partial charge in [0.2, 0.25) is 5.82 Å². The van der Waals surface area contributed by atoms with E-state index in [0.717, 1.165) is 17.5 Å². The van der Waals surface area contributed by atoms with E-state index in [0.29, 0.717) is 39.0 Å². The molecule has 2 aromatic rings. The largest absolute Gasteiger partial charge is 0.451 e. The SMILES string of the molecule is N#CCC1(n2cc(C3N=CN=C4NC=CC43)cn2)CN(C2CCN(C(=O)c3cc(CO)nc(C(F)(F)F)n3)CC2)C1. The third-order valence-electron chi connectivity index (χ3n) is 8.13. The number of nitrogens with zero attached hydrogens (tertiary/aromatic N) is 9. The van der Waals surface area contributed by atoms with E-state index >= 15 is 0 Å². The van der Waals surface area contributed by atoms with Crippen molar-refractivity contribution in [3.63, 3.8) is 0 Å². The van der Waals surface area contributed by atoms with Crippen LogP contribution < -0.4 is 5.32 Å². The fourth-order valence-electron chi connectivity index (χ4n) is 5.97. The Morgan fingerprint density at radius 3 is 2.73 bits per heavy atom. The highest BCUT2D eigenvalue weighted by Gasteiger charge is 2.48. The molecular weight excluding hydrogens is 541 g/mol. The Balaban J connectivity index is 1.09. The summed E-state index contributed by atoms with van der Waals surface area (Å²) in [6.07, 6.45) is 5.90. The lowest BCUT2D eigenvalue weighted by Gasteiger charge is -2.53. The molecule has 6 rings (SSSR count). The number of hydrogen-bond acceptors (Lipinski definition) is 10. The first-order valence-electron chi connectivity index (χ1n) is 13.2. The zero-order valence-electron chi connectivity index (χ0n) is 21.9. The van der Waals surface area contributed by atoms with Crippen LogP contribution in [0.5, 0.6) is 0 Å². The number of fused-ring (bicyclic) bond motifs is 1. The Kier molecular flexibility index (Phi) is 6.82. The maximum atomic E-state index is 13.2. The average molecular weight is 569 g/mol. The molecule has 2 N–H and O–H groups in total. The van der Waals surface area contributed by atoms with Gasteiger partial charge in [-0.3, -0.25) is 19.4 Å². The number of hydrogen-bond donors (Lipinski definition) is 2. The average Bonchev–Trinajstić information content (AvgIpc) is 3.64. The summed E-state index contributed by atoms with van der Waals surface area (Å²) in [4.78, 5) is 32.3. The van der Waals surface area contributed by atoms with Gasteiger partial charge in [0.25, 0.3) is 5.91 Å². The van der Waals surface area contributed by atoms with Crippen LogP contribution in [0, 0.1) is 17.2 Å². The first kappa shape index (κ1) is 27.0. The minimum atomic E-state index is -4.83. The molecule has 2 unspecified atom stereocenters. The minimum Gasteiger partial charge on any atom is -0.390 e. The second-order valence-corrected chi connectivity index (χ2v) is 10.7. The number of amides is 1. The number of likely N-dealkylation sites (tertiary alicyclic amines) is 2. The highest BCUT2D eigenvalue weighted by Crippen LogP contribution is 2.38. The predicted octanol–water partition coefficient (Wildman–Crippen LogP) is 1.63. The third-order valence-corrected chi connectivity index (χ3v) is 8.13. The Morgan fingerprint density at radius 2 is 2.02 bits per heavy atom. The summed E-state index contributed by atoms with van der Waals surface area (Å²) in [7, 11) is 0. The van der Waals surface area contributed by atoms with Crippen LogP contribution in [0.1, 0.15) is 52.9 Å². The van der Waals surface area contributed by atoms with Crippen molar-refractivity contribution in [2.45, 2.75) is 49.7 Å². The number of carbonyl (C=O) groups is 1. The van der Waals surface area contributed by atoms with E-state index in [9.17, 15) is 28.3 Å². The predicted molar refractivity (Wildman–Crippen MR) is 138 cm³/mol. The molecule has 214 valence electrons. The molecule has 2 aromatic heterocycles. The quantitative estimate of drug-likeness (QED) is 0.534. The van der Waals surface area contributed by atoms with Crippen molar-refractivity contribution < 1.29 is 23.1 Å². The normalized spacial score (nSPS) is 23.9. The van der Waals surface area contributed by atoms with Gasteiger partial charge >= 0.3 is 6.18 Å². The van der Waals surface area contributed by atoms with Gasteiger partial charge in [0.05, 0.1) is 42.9 Å². The first-order valence-corrected chi connectivity index (χ1v) is 13.2. The van der Waals surface area contributed by atoms with Crippen molar-refractivity contribution >= 4 is 18.1 Å². The maximum absolute atomic E-state index is 13.2. The standard InChI is InChI=1S/C26H27F3N10O2/c27-26(28,29)24-35-17(12-40)9-20(36-24)23(41)37-7-2-18(3-8-37)38-13-25(14-38,4-5-30)39-11-16(10-34-39)21-19-1-6-31-22(19)33-15-32-21/h1,6,9-11,15,18-19,21,40H,2-4,7-8,12-14H2,(H,31,32,33). The van der Waals surface area contributed by atoms with E-state index in [1.807, 2.05) is 23.2 Å². The van der Waals surface area contributed by atoms with E-state index in [2.05, 4.69) is 41.3 Å². The van der Waals surface area contributed by atoms with Gasteiger partial charge in [-0.1, -0.05) is 6.08 Å². The minimum absolute atomic E-state index is 0.0213. The van der Waals surface area contributed by atoms with Gasteiger partial charge in [0.15, 0.2) is 0 Å². The lowest BCUT2D eigenvalue weighted by Crippen LogP contribution is -2.66. The molecule has 0 spiro atoms. The van der Waals surface area contributed by atoms with E-state index < -0.39 is 30.1 Å². The molecule has 6 heterocycles. The van der Waals surface area contributed by atoms with E-state index in [4.69, 9.17) is 0 Å². The number of carbonyl (C=O) groups excluding carboxylic acids is 1. The fraction of sp³-hybridized carbons (Fsp3) is 0.500. The van der Waals surface area contributed by atoms with E-state index in [1.165, 1.54) is 4.90 Å². The number of piperidine rings is 1. The first-order chi connectivity index (χ1) is 19.7. The van der Waals surface area contributed by atoms with Crippen molar-refractivity contribution in [3.8, 4) is 6.07 Å². The smallest absolute Gasteiger partial charge is 0.390 e. The number of nitrogens with one attached hydrogen (secondary N) is 1. The van der Waals surface area contributed by atoms with E-state index in [1.54, 1.807) is 12.5 Å². The summed E-state index contributed by atoms with van der Waals surface area (Å²) < 4.78 is 41.4. The van der Waals surface area contributed by atoms with Gasteiger partial charge in [-0.25, -0.2) is 15.0 Å².